The molecule has 14 heavy (non-hydrogen) atoms. The minimum absolute atomic E-state index is 0.444. The summed E-state index contributed by atoms with van der Waals surface area (Å²) in [5.74, 6) is 0. The maximum atomic E-state index is 5.94. The largest absolute Gasteiger partial charge is 0.327 e. The summed E-state index contributed by atoms with van der Waals surface area (Å²) in [6.07, 6.45) is 9.46. The zero-order valence-electron chi connectivity index (χ0n) is 9.67. The Morgan fingerprint density at radius 2 is 2.00 bits per heavy atom. The number of hydrogen-bond donors (Lipinski definition) is 1. The smallest absolute Gasteiger partial charge is 0.0168 e. The first-order chi connectivity index (χ1) is 6.83. The van der Waals surface area contributed by atoms with Gasteiger partial charge in [0, 0.05) is 12.6 Å². The minimum Gasteiger partial charge on any atom is -0.327 e. The molecule has 0 aromatic carbocycles. The quantitative estimate of drug-likeness (QED) is 0.664. The van der Waals surface area contributed by atoms with E-state index in [9.17, 15) is 0 Å². The standard InChI is InChI=1S/C12H26N2/c1-2-3-4-5-6-9-14-10-7-8-12(13)11-14/h12H,2-11,13H2,1H3/t12-/m1/s1. The van der Waals surface area contributed by atoms with Gasteiger partial charge in [-0.05, 0) is 32.4 Å². The van der Waals surface area contributed by atoms with Gasteiger partial charge < -0.3 is 10.6 Å². The van der Waals surface area contributed by atoms with Gasteiger partial charge in [0.1, 0.15) is 0 Å². The van der Waals surface area contributed by atoms with Crippen LogP contribution in [0.15, 0.2) is 0 Å². The average molecular weight is 198 g/mol. The Morgan fingerprint density at radius 1 is 1.21 bits per heavy atom. The van der Waals surface area contributed by atoms with Crippen LogP contribution in [-0.2, 0) is 0 Å². The second kappa shape index (κ2) is 7.24. The second-order valence-corrected chi connectivity index (χ2v) is 4.62. The zero-order chi connectivity index (χ0) is 10.2. The van der Waals surface area contributed by atoms with Crippen molar-refractivity contribution in [1.82, 2.24) is 4.90 Å². The van der Waals surface area contributed by atoms with Gasteiger partial charge >= 0.3 is 0 Å². The van der Waals surface area contributed by atoms with Crippen LogP contribution < -0.4 is 5.73 Å². The van der Waals surface area contributed by atoms with Crippen molar-refractivity contribution >= 4 is 0 Å². The predicted molar refractivity (Wildman–Crippen MR) is 62.4 cm³/mol. The maximum Gasteiger partial charge on any atom is 0.0168 e. The van der Waals surface area contributed by atoms with E-state index in [2.05, 4.69) is 11.8 Å². The molecule has 0 aromatic rings. The first-order valence-corrected chi connectivity index (χ1v) is 6.31. The first kappa shape index (κ1) is 12.0. The van der Waals surface area contributed by atoms with E-state index in [0.717, 1.165) is 6.54 Å². The highest BCUT2D eigenvalue weighted by Gasteiger charge is 2.15. The monoisotopic (exact) mass is 198 g/mol. The lowest BCUT2D eigenvalue weighted by Gasteiger charge is -2.30. The van der Waals surface area contributed by atoms with Crippen molar-refractivity contribution in [3.63, 3.8) is 0 Å². The lowest BCUT2D eigenvalue weighted by atomic mass is 10.1. The summed E-state index contributed by atoms with van der Waals surface area (Å²) in [6, 6.07) is 0.444. The third kappa shape index (κ3) is 4.97. The van der Waals surface area contributed by atoms with Gasteiger partial charge in [-0.1, -0.05) is 32.6 Å². The number of nitrogens with zero attached hydrogens (tertiary/aromatic N) is 1. The minimum atomic E-state index is 0.444. The van der Waals surface area contributed by atoms with E-state index in [0.29, 0.717) is 6.04 Å². The van der Waals surface area contributed by atoms with Crippen molar-refractivity contribution in [1.29, 1.82) is 0 Å². The molecular weight excluding hydrogens is 172 g/mol. The van der Waals surface area contributed by atoms with Crippen LogP contribution in [-0.4, -0.2) is 30.6 Å². The summed E-state index contributed by atoms with van der Waals surface area (Å²) in [5, 5.41) is 0. The molecule has 2 N–H and O–H groups in total. The highest BCUT2D eigenvalue weighted by Crippen LogP contribution is 2.10. The van der Waals surface area contributed by atoms with Gasteiger partial charge in [-0.2, -0.15) is 0 Å². The zero-order valence-corrected chi connectivity index (χ0v) is 9.67. The Labute approximate surface area is 88.8 Å². The normalized spacial score (nSPS) is 24.0. The number of nitrogens with two attached hydrogens (primary N) is 1. The third-order valence-electron chi connectivity index (χ3n) is 3.12. The molecule has 2 nitrogen and oxygen atoms in total. The Balaban J connectivity index is 1.95. The van der Waals surface area contributed by atoms with E-state index in [4.69, 9.17) is 5.73 Å². The molecule has 1 rings (SSSR count). The summed E-state index contributed by atoms with van der Waals surface area (Å²) in [4.78, 5) is 2.54. The van der Waals surface area contributed by atoms with Crippen LogP contribution in [0.4, 0.5) is 0 Å². The van der Waals surface area contributed by atoms with E-state index < -0.39 is 0 Å². The van der Waals surface area contributed by atoms with Crippen LogP contribution in [0, 0.1) is 0 Å². The lowest BCUT2D eigenvalue weighted by molar-refractivity contribution is 0.205. The van der Waals surface area contributed by atoms with Crippen molar-refractivity contribution in [2.75, 3.05) is 19.6 Å². The molecule has 1 fully saturated rings. The Bertz CT molecular complexity index is 136. The number of unbranched alkanes of at least 4 members (excludes halogenated alkanes) is 4. The molecule has 1 saturated heterocycles. The summed E-state index contributed by atoms with van der Waals surface area (Å²) in [7, 11) is 0. The van der Waals surface area contributed by atoms with E-state index in [1.807, 2.05) is 0 Å². The lowest BCUT2D eigenvalue weighted by Crippen LogP contribution is -2.43. The topological polar surface area (TPSA) is 29.3 Å². The molecule has 0 radical (unpaired) electrons. The summed E-state index contributed by atoms with van der Waals surface area (Å²) in [5.41, 5.74) is 5.94. The molecule has 1 aliphatic heterocycles. The molecule has 0 spiro atoms. The Morgan fingerprint density at radius 3 is 2.71 bits per heavy atom. The maximum absolute atomic E-state index is 5.94. The van der Waals surface area contributed by atoms with Gasteiger partial charge in [0.15, 0.2) is 0 Å². The van der Waals surface area contributed by atoms with Crippen LogP contribution >= 0.6 is 0 Å². The van der Waals surface area contributed by atoms with Gasteiger partial charge in [0.05, 0.1) is 0 Å². The van der Waals surface area contributed by atoms with Crippen molar-refractivity contribution in [2.45, 2.75) is 57.9 Å². The predicted octanol–water partition coefficient (Wildman–Crippen LogP) is 2.38. The van der Waals surface area contributed by atoms with Crippen LogP contribution in [0.1, 0.15) is 51.9 Å². The molecule has 1 aliphatic rings. The molecule has 1 heterocycles. The number of piperidine rings is 1. The highest BCUT2D eigenvalue weighted by molar-refractivity contribution is 4.74. The molecular formula is C12H26N2. The van der Waals surface area contributed by atoms with Crippen molar-refractivity contribution in [3.8, 4) is 0 Å². The third-order valence-corrected chi connectivity index (χ3v) is 3.12. The van der Waals surface area contributed by atoms with Crippen molar-refractivity contribution < 1.29 is 0 Å². The van der Waals surface area contributed by atoms with E-state index in [-0.39, 0.29) is 0 Å². The molecule has 0 aliphatic carbocycles. The average Bonchev–Trinajstić information content (AvgIpc) is 2.18. The molecule has 0 unspecified atom stereocenters. The number of rotatable bonds is 6. The molecule has 2 heteroatoms. The van der Waals surface area contributed by atoms with Gasteiger partial charge in [0.2, 0.25) is 0 Å². The molecule has 0 aromatic heterocycles. The van der Waals surface area contributed by atoms with Crippen molar-refractivity contribution in [3.05, 3.63) is 0 Å². The van der Waals surface area contributed by atoms with Crippen molar-refractivity contribution in [2.24, 2.45) is 5.73 Å². The number of hydrogen-bond acceptors (Lipinski definition) is 2. The van der Waals surface area contributed by atoms with Crippen LogP contribution in [0.25, 0.3) is 0 Å². The van der Waals surface area contributed by atoms with Crippen LogP contribution in [0.3, 0.4) is 0 Å². The molecule has 0 bridgehead atoms. The van der Waals surface area contributed by atoms with Gasteiger partial charge in [-0.15, -0.1) is 0 Å². The second-order valence-electron chi connectivity index (χ2n) is 4.62. The Kier molecular flexibility index (Phi) is 6.20. The van der Waals surface area contributed by atoms with E-state index >= 15 is 0 Å². The van der Waals surface area contributed by atoms with Crippen LogP contribution in [0.5, 0.6) is 0 Å². The first-order valence-electron chi connectivity index (χ1n) is 6.31. The van der Waals surface area contributed by atoms with Gasteiger partial charge in [-0.25, -0.2) is 0 Å². The van der Waals surface area contributed by atoms with Gasteiger partial charge in [0.25, 0.3) is 0 Å². The van der Waals surface area contributed by atoms with Gasteiger partial charge in [-0.3, -0.25) is 0 Å². The van der Waals surface area contributed by atoms with Crippen LogP contribution in [0.2, 0.25) is 0 Å². The highest BCUT2D eigenvalue weighted by atomic mass is 15.1. The van der Waals surface area contributed by atoms with E-state index in [1.54, 1.807) is 0 Å². The summed E-state index contributed by atoms with van der Waals surface area (Å²) >= 11 is 0. The number of likely N-dealkylation sites (tertiary alicyclic amines) is 1. The van der Waals surface area contributed by atoms with E-state index in [1.165, 1.54) is 58.0 Å². The molecule has 84 valence electrons. The molecule has 0 amide bonds. The Hall–Kier alpha value is -0.0800. The molecule has 1 atom stereocenters. The fourth-order valence-electron chi connectivity index (χ4n) is 2.23. The summed E-state index contributed by atoms with van der Waals surface area (Å²) < 4.78 is 0. The fourth-order valence-corrected chi connectivity index (χ4v) is 2.23. The SMILES string of the molecule is CCCCCCCN1CCC[C@@H](N)C1. The molecule has 0 saturated carbocycles. The summed E-state index contributed by atoms with van der Waals surface area (Å²) in [6.45, 7) is 5.95. The fraction of sp³-hybridized carbons (Fsp3) is 1.00.